The van der Waals surface area contributed by atoms with Crippen molar-refractivity contribution in [1.82, 2.24) is 5.32 Å². The SMILES string of the molecule is C[B]C(=O)N[C@@H](c1ccccc1)[C@@H](C)C(=O)O[C@H]1C[C@@]2(O)[C@@H](OC(=O)c3ccccc3)[C@@H]3[C@]4(OC(C)=O)CO[C@@H]4C[C@H](C)[C@@]3(C)C(=O)[C@H](OC(C)=O)C(=C1C)C2(C)C. The number of ether oxygens (including phenoxy) is 5. The number of carbonyl (C=O) groups is 6. The van der Waals surface area contributed by atoms with Crippen LogP contribution in [-0.2, 0) is 42.9 Å². The lowest BCUT2D eigenvalue weighted by Gasteiger charge is -2.68. The third-order valence-electron chi connectivity index (χ3n) is 13.5. The quantitative estimate of drug-likeness (QED) is 0.137. The number of hydrogen-bond donors (Lipinski definition) is 2. The van der Waals surface area contributed by atoms with Crippen molar-refractivity contribution >= 4 is 42.7 Å². The summed E-state index contributed by atoms with van der Waals surface area (Å²) in [5.41, 5.74) is -5.41. The zero-order chi connectivity index (χ0) is 42.5. The number of aliphatic hydroxyl groups is 1. The number of ketones is 1. The monoisotopic (exact) mass is 798 g/mol. The van der Waals surface area contributed by atoms with E-state index >= 15 is 4.79 Å². The lowest BCUT2D eigenvalue weighted by atomic mass is 9.43. The van der Waals surface area contributed by atoms with Crippen molar-refractivity contribution in [3.63, 3.8) is 0 Å². The Balaban J connectivity index is 1.56. The molecule has 13 nitrogen and oxygen atoms in total. The minimum Gasteiger partial charge on any atom is -0.457 e. The third-order valence-corrected chi connectivity index (χ3v) is 13.5. The van der Waals surface area contributed by atoms with Gasteiger partial charge >= 0.3 is 23.9 Å². The molecule has 1 aliphatic heterocycles. The van der Waals surface area contributed by atoms with Crippen molar-refractivity contribution in [2.24, 2.45) is 28.6 Å². The Labute approximate surface area is 339 Å². The minimum absolute atomic E-state index is 0.162. The van der Waals surface area contributed by atoms with E-state index in [0.717, 1.165) is 0 Å². The van der Waals surface area contributed by atoms with Gasteiger partial charge in [0.05, 0.1) is 30.0 Å². The van der Waals surface area contributed by atoms with Crippen LogP contribution in [0.15, 0.2) is 71.8 Å². The highest BCUT2D eigenvalue weighted by molar-refractivity contribution is 6.72. The molecule has 3 fully saturated rings. The molecule has 2 aromatic carbocycles. The summed E-state index contributed by atoms with van der Waals surface area (Å²) in [6.07, 6.45) is -5.22. The van der Waals surface area contributed by atoms with Crippen LogP contribution in [0.5, 0.6) is 0 Å². The topological polar surface area (TPSA) is 181 Å². The van der Waals surface area contributed by atoms with Gasteiger partial charge in [0.25, 0.3) is 0 Å². The van der Waals surface area contributed by atoms with Crippen LogP contribution in [0, 0.1) is 28.6 Å². The van der Waals surface area contributed by atoms with E-state index in [1.54, 1.807) is 96.0 Å². The van der Waals surface area contributed by atoms with Crippen LogP contribution in [0.25, 0.3) is 0 Å². The van der Waals surface area contributed by atoms with Gasteiger partial charge in [-0.25, -0.2) is 4.79 Å². The summed E-state index contributed by atoms with van der Waals surface area (Å²) in [6, 6.07) is 16.3. The van der Waals surface area contributed by atoms with Crippen LogP contribution < -0.4 is 5.32 Å². The van der Waals surface area contributed by atoms with Gasteiger partial charge in [0.2, 0.25) is 7.28 Å². The van der Waals surface area contributed by atoms with Gasteiger partial charge in [-0.05, 0) is 55.0 Å². The van der Waals surface area contributed by atoms with Crippen LogP contribution in [0.3, 0.4) is 0 Å². The van der Waals surface area contributed by atoms with Gasteiger partial charge in [0.15, 0.2) is 23.3 Å². The Morgan fingerprint density at radius 1 is 0.931 bits per heavy atom. The summed E-state index contributed by atoms with van der Waals surface area (Å²) in [5, 5.41) is 16.6. The highest BCUT2D eigenvalue weighted by atomic mass is 16.6. The molecule has 2 N–H and O–H groups in total. The van der Waals surface area contributed by atoms with Gasteiger partial charge in [0.1, 0.15) is 23.9 Å². The van der Waals surface area contributed by atoms with E-state index in [-0.39, 0.29) is 30.6 Å². The summed E-state index contributed by atoms with van der Waals surface area (Å²) >= 11 is 0. The summed E-state index contributed by atoms with van der Waals surface area (Å²) in [7, 11) is 1.35. The zero-order valence-corrected chi connectivity index (χ0v) is 34.5. The first kappa shape index (κ1) is 42.8. The number of amides is 1. The smallest absolute Gasteiger partial charge is 0.338 e. The maximum absolute atomic E-state index is 15.6. The maximum atomic E-state index is 15.6. The van der Waals surface area contributed by atoms with E-state index in [4.69, 9.17) is 23.7 Å². The minimum atomic E-state index is -2.18. The molecule has 1 radical (unpaired) electrons. The first-order chi connectivity index (χ1) is 27.2. The van der Waals surface area contributed by atoms with Crippen molar-refractivity contribution < 1.29 is 57.6 Å². The summed E-state index contributed by atoms with van der Waals surface area (Å²) in [4.78, 5) is 82.9. The number of rotatable bonds is 10. The van der Waals surface area contributed by atoms with Gasteiger partial charge in [0, 0.05) is 31.1 Å². The van der Waals surface area contributed by atoms with Crippen molar-refractivity contribution in [3.05, 3.63) is 82.9 Å². The van der Waals surface area contributed by atoms with E-state index in [1.165, 1.54) is 21.1 Å². The van der Waals surface area contributed by atoms with E-state index in [1.807, 2.05) is 13.0 Å². The highest BCUT2D eigenvalue weighted by Gasteiger charge is 2.77. The summed E-state index contributed by atoms with van der Waals surface area (Å²) in [5.74, 6) is -6.66. The summed E-state index contributed by atoms with van der Waals surface area (Å²) < 4.78 is 31.0. The first-order valence-electron chi connectivity index (χ1n) is 19.8. The molecule has 11 atom stereocenters. The van der Waals surface area contributed by atoms with Gasteiger partial charge in [-0.2, -0.15) is 0 Å². The Morgan fingerprint density at radius 3 is 2.10 bits per heavy atom. The van der Waals surface area contributed by atoms with Crippen LogP contribution in [0.4, 0.5) is 4.79 Å². The molecule has 1 heterocycles. The van der Waals surface area contributed by atoms with E-state index in [0.29, 0.717) is 11.1 Å². The fourth-order valence-corrected chi connectivity index (χ4v) is 10.1. The molecule has 2 bridgehead atoms. The second kappa shape index (κ2) is 15.7. The van der Waals surface area contributed by atoms with Crippen LogP contribution in [0.2, 0.25) is 6.82 Å². The van der Waals surface area contributed by atoms with Crippen LogP contribution in [0.1, 0.15) is 90.2 Å². The van der Waals surface area contributed by atoms with Gasteiger partial charge in [-0.15, -0.1) is 0 Å². The Bertz CT molecular complexity index is 2000. The highest BCUT2D eigenvalue weighted by Crippen LogP contribution is 2.65. The lowest BCUT2D eigenvalue weighted by Crippen LogP contribution is -2.80. The van der Waals surface area contributed by atoms with E-state index in [9.17, 15) is 29.1 Å². The lowest BCUT2D eigenvalue weighted by molar-refractivity contribution is -0.340. The molecular formula is C44H53BNO12. The van der Waals surface area contributed by atoms with Gasteiger partial charge < -0.3 is 34.1 Å². The Hall–Kier alpha value is -4.82. The second-order valence-corrected chi connectivity index (χ2v) is 17.0. The van der Waals surface area contributed by atoms with E-state index in [2.05, 4.69) is 5.32 Å². The molecule has 14 heteroatoms. The van der Waals surface area contributed by atoms with Crippen LogP contribution >= 0.6 is 0 Å². The molecule has 2 aromatic rings. The number of benzene rings is 2. The molecule has 1 amide bonds. The van der Waals surface area contributed by atoms with Crippen molar-refractivity contribution in [1.29, 1.82) is 0 Å². The maximum Gasteiger partial charge on any atom is 0.338 e. The van der Waals surface area contributed by atoms with Crippen LogP contribution in [-0.4, -0.2) is 90.1 Å². The number of fused-ring (bicyclic) bond motifs is 5. The molecule has 1 saturated heterocycles. The Morgan fingerprint density at radius 2 is 1.55 bits per heavy atom. The van der Waals surface area contributed by atoms with Gasteiger partial charge in [-0.3, -0.25) is 24.0 Å². The Kier molecular flexibility index (Phi) is 11.6. The number of carbonyl (C=O) groups excluding carboxylic acids is 6. The fourth-order valence-electron chi connectivity index (χ4n) is 10.1. The molecule has 58 heavy (non-hydrogen) atoms. The molecular weight excluding hydrogens is 745 g/mol. The molecule has 4 aliphatic rings. The third kappa shape index (κ3) is 6.95. The predicted octanol–water partition coefficient (Wildman–Crippen LogP) is 5.32. The zero-order valence-electron chi connectivity index (χ0n) is 34.5. The molecule has 309 valence electrons. The standard InChI is InChI=1S/C44H53BNO12/c1-23-20-31-43(22-54-31,58-27(5)48)35-37(57-39(51)29-18-14-11-15-19-29)44(53)21-30(24(2)32(41(44,6)7)34(55-26(4)47)36(49)42(23,35)8)56-38(50)25(3)33(46-40(52)45-9)28-16-12-10-13-17-28/h10-19,23,25,30-31,33-35,37,53H,20-22H2,1-9H3,(H,46,52)/t23-,25+,30-,31+,33+,34+,35-,37-,42+,43-,44+/m0/s1. The number of Topliss-reactive ketones (excluding diaryl/α,β-unsaturated/α-hetero) is 1. The molecule has 3 aliphatic carbocycles. The van der Waals surface area contributed by atoms with Crippen molar-refractivity contribution in [2.45, 2.75) is 117 Å². The first-order valence-corrected chi connectivity index (χ1v) is 19.8. The number of esters is 4. The molecule has 6 rings (SSSR count). The van der Waals surface area contributed by atoms with Gasteiger partial charge in [-0.1, -0.05) is 83.0 Å². The number of hydrogen-bond acceptors (Lipinski definition) is 12. The molecule has 0 spiro atoms. The average Bonchev–Trinajstić information content (AvgIpc) is 3.18. The molecule has 2 saturated carbocycles. The normalized spacial score (nSPS) is 33.2. The van der Waals surface area contributed by atoms with Crippen molar-refractivity contribution in [3.8, 4) is 0 Å². The molecule has 0 aromatic heterocycles. The number of nitrogens with one attached hydrogen (secondary N) is 1. The van der Waals surface area contributed by atoms with Crippen molar-refractivity contribution in [2.75, 3.05) is 6.61 Å². The fraction of sp³-hybridized carbons (Fsp3) is 0.545. The second-order valence-electron chi connectivity index (χ2n) is 17.0. The largest absolute Gasteiger partial charge is 0.457 e. The van der Waals surface area contributed by atoms with E-state index < -0.39 is 106 Å². The summed E-state index contributed by atoms with van der Waals surface area (Å²) in [6.45, 7) is 14.0. The molecule has 0 unspecified atom stereocenters. The average molecular weight is 799 g/mol. The predicted molar refractivity (Wildman–Crippen MR) is 210 cm³/mol.